The zero-order valence-corrected chi connectivity index (χ0v) is 16.8. The van der Waals surface area contributed by atoms with E-state index >= 15 is 0 Å². The molecule has 0 saturated carbocycles. The molecule has 0 fully saturated rings. The van der Waals surface area contributed by atoms with Crippen molar-refractivity contribution in [2.24, 2.45) is 4.99 Å². The Morgan fingerprint density at radius 3 is 2.73 bits per heavy atom. The summed E-state index contributed by atoms with van der Waals surface area (Å²) in [5, 5.41) is 6.70. The maximum absolute atomic E-state index is 11.4. The second kappa shape index (κ2) is 8.73. The summed E-state index contributed by atoms with van der Waals surface area (Å²) >= 11 is 0. The molecule has 0 aliphatic carbocycles. The number of sulfonamides is 1. The molecule has 0 bridgehead atoms. The van der Waals surface area contributed by atoms with Gasteiger partial charge in [-0.05, 0) is 33.3 Å². The molecular weight excluding hydrogens is 352 g/mol. The minimum Gasteiger partial charge on any atom is -0.487 e. The summed E-state index contributed by atoms with van der Waals surface area (Å²) in [7, 11) is -1.40. The highest BCUT2D eigenvalue weighted by Crippen LogP contribution is 2.39. The van der Waals surface area contributed by atoms with Crippen molar-refractivity contribution >= 4 is 16.0 Å². The lowest BCUT2D eigenvalue weighted by Gasteiger charge is -2.38. The zero-order valence-electron chi connectivity index (χ0n) is 16.0. The van der Waals surface area contributed by atoms with Crippen LogP contribution in [0.2, 0.25) is 0 Å². The Balaban J connectivity index is 1.90. The van der Waals surface area contributed by atoms with Crippen molar-refractivity contribution in [1.82, 2.24) is 15.4 Å². The highest BCUT2D eigenvalue weighted by atomic mass is 32.2. The van der Waals surface area contributed by atoms with Crippen molar-refractivity contribution in [3.63, 3.8) is 0 Å². The topological polar surface area (TPSA) is 91.8 Å². The van der Waals surface area contributed by atoms with Crippen LogP contribution in [0.25, 0.3) is 0 Å². The Kier molecular flexibility index (Phi) is 6.88. The Labute approximate surface area is 156 Å². The van der Waals surface area contributed by atoms with Gasteiger partial charge in [-0.3, -0.25) is 4.99 Å². The fraction of sp³-hybridized carbons (Fsp3) is 0.611. The van der Waals surface area contributed by atoms with E-state index in [0.29, 0.717) is 25.5 Å². The number of para-hydroxylation sites is 1. The number of benzene rings is 1. The minimum absolute atomic E-state index is 0.0970. The Hall–Kier alpha value is -1.80. The van der Waals surface area contributed by atoms with Gasteiger partial charge in [0.1, 0.15) is 11.4 Å². The fourth-order valence-corrected chi connectivity index (χ4v) is 3.58. The molecule has 0 aromatic heterocycles. The second-order valence-electron chi connectivity index (χ2n) is 6.95. The van der Waals surface area contributed by atoms with E-state index in [4.69, 9.17) is 4.74 Å². The molecule has 1 aromatic rings. The summed E-state index contributed by atoms with van der Waals surface area (Å²) < 4.78 is 31.4. The molecular formula is C18H30N4O3S. The third-order valence-corrected chi connectivity index (χ3v) is 5.66. The van der Waals surface area contributed by atoms with E-state index in [0.717, 1.165) is 17.7 Å². The standard InChI is InChI=1S/C18H30N4O3S/c1-5-26(23,24)21-12-8-11-20-17(19-4)22-15-13-18(2,3)25-16-10-7-6-9-14(15)16/h6-7,9-10,15,21H,5,8,11-13H2,1-4H3,(H2,19,20,22). The van der Waals surface area contributed by atoms with Gasteiger partial charge in [0.15, 0.2) is 5.96 Å². The van der Waals surface area contributed by atoms with Gasteiger partial charge in [0, 0.05) is 32.1 Å². The molecule has 26 heavy (non-hydrogen) atoms. The predicted octanol–water partition coefficient (Wildman–Crippen LogP) is 1.78. The van der Waals surface area contributed by atoms with Crippen molar-refractivity contribution in [3.8, 4) is 5.75 Å². The van der Waals surface area contributed by atoms with Gasteiger partial charge in [0.2, 0.25) is 10.0 Å². The molecule has 0 amide bonds. The normalized spacial score (nSPS) is 19.4. The SMILES string of the molecule is CCS(=O)(=O)NCCCNC(=NC)NC1CC(C)(C)Oc2ccccc21. The average molecular weight is 383 g/mol. The Morgan fingerprint density at radius 2 is 2.04 bits per heavy atom. The first kappa shape index (κ1) is 20.5. The van der Waals surface area contributed by atoms with Crippen molar-refractivity contribution in [2.45, 2.75) is 45.3 Å². The average Bonchev–Trinajstić information content (AvgIpc) is 2.59. The number of hydrogen-bond donors (Lipinski definition) is 3. The van der Waals surface area contributed by atoms with Crippen molar-refractivity contribution < 1.29 is 13.2 Å². The number of nitrogens with zero attached hydrogens (tertiary/aromatic N) is 1. The molecule has 146 valence electrons. The third kappa shape index (κ3) is 5.88. The number of guanidine groups is 1. The van der Waals surface area contributed by atoms with Crippen LogP contribution >= 0.6 is 0 Å². The molecule has 1 aromatic carbocycles. The highest BCUT2D eigenvalue weighted by Gasteiger charge is 2.33. The predicted molar refractivity (Wildman–Crippen MR) is 105 cm³/mol. The first-order valence-corrected chi connectivity index (χ1v) is 10.6. The molecule has 8 heteroatoms. The van der Waals surface area contributed by atoms with Crippen LogP contribution in [0.1, 0.15) is 45.2 Å². The Morgan fingerprint density at radius 1 is 1.31 bits per heavy atom. The van der Waals surface area contributed by atoms with Crippen molar-refractivity contribution in [2.75, 3.05) is 25.9 Å². The molecule has 7 nitrogen and oxygen atoms in total. The molecule has 1 unspecified atom stereocenters. The van der Waals surface area contributed by atoms with Gasteiger partial charge in [0.05, 0.1) is 11.8 Å². The van der Waals surface area contributed by atoms with Crippen LogP contribution in [0.4, 0.5) is 0 Å². The quantitative estimate of drug-likeness (QED) is 0.380. The van der Waals surface area contributed by atoms with E-state index < -0.39 is 10.0 Å². The van der Waals surface area contributed by atoms with Crippen LogP contribution in [-0.2, 0) is 10.0 Å². The van der Waals surface area contributed by atoms with Gasteiger partial charge in [-0.2, -0.15) is 0 Å². The van der Waals surface area contributed by atoms with Crippen LogP contribution in [-0.4, -0.2) is 45.9 Å². The molecule has 1 heterocycles. The smallest absolute Gasteiger partial charge is 0.211 e. The van der Waals surface area contributed by atoms with Crippen LogP contribution in [0.3, 0.4) is 0 Å². The van der Waals surface area contributed by atoms with Gasteiger partial charge < -0.3 is 15.4 Å². The number of fused-ring (bicyclic) bond motifs is 1. The lowest BCUT2D eigenvalue weighted by atomic mass is 9.90. The van der Waals surface area contributed by atoms with Crippen LogP contribution in [0.15, 0.2) is 29.3 Å². The van der Waals surface area contributed by atoms with E-state index in [1.54, 1.807) is 14.0 Å². The summed E-state index contributed by atoms with van der Waals surface area (Å²) in [5.41, 5.74) is 0.856. The highest BCUT2D eigenvalue weighted by molar-refractivity contribution is 7.89. The zero-order chi connectivity index (χ0) is 19.2. The summed E-state index contributed by atoms with van der Waals surface area (Å²) in [5.74, 6) is 1.69. The van der Waals surface area contributed by atoms with Gasteiger partial charge in [0.25, 0.3) is 0 Å². The Bertz CT molecular complexity index is 732. The molecule has 0 radical (unpaired) electrons. The van der Waals surface area contributed by atoms with Crippen LogP contribution < -0.4 is 20.1 Å². The first-order valence-electron chi connectivity index (χ1n) is 8.99. The summed E-state index contributed by atoms with van der Waals surface area (Å²) in [4.78, 5) is 4.28. The molecule has 1 atom stereocenters. The molecule has 1 aliphatic rings. The summed E-state index contributed by atoms with van der Waals surface area (Å²) in [6, 6.07) is 8.13. The van der Waals surface area contributed by atoms with E-state index in [2.05, 4.69) is 40.3 Å². The van der Waals surface area contributed by atoms with Crippen LogP contribution in [0, 0.1) is 0 Å². The fourth-order valence-electron chi connectivity index (χ4n) is 2.92. The van der Waals surface area contributed by atoms with Gasteiger partial charge in [-0.25, -0.2) is 13.1 Å². The minimum atomic E-state index is -3.13. The maximum atomic E-state index is 11.4. The molecule has 0 spiro atoms. The van der Waals surface area contributed by atoms with E-state index in [-0.39, 0.29) is 17.4 Å². The number of ether oxygens (including phenoxy) is 1. The van der Waals surface area contributed by atoms with E-state index in [1.807, 2.05) is 18.2 Å². The summed E-state index contributed by atoms with van der Waals surface area (Å²) in [6.07, 6.45) is 1.50. The van der Waals surface area contributed by atoms with Crippen LogP contribution in [0.5, 0.6) is 5.75 Å². The van der Waals surface area contributed by atoms with Gasteiger partial charge in [-0.1, -0.05) is 18.2 Å². The van der Waals surface area contributed by atoms with E-state index in [9.17, 15) is 8.42 Å². The second-order valence-corrected chi connectivity index (χ2v) is 9.05. The number of nitrogens with one attached hydrogen (secondary N) is 3. The molecule has 2 rings (SSSR count). The monoisotopic (exact) mass is 382 g/mol. The lowest BCUT2D eigenvalue weighted by molar-refractivity contribution is 0.0694. The lowest BCUT2D eigenvalue weighted by Crippen LogP contribution is -2.45. The number of aliphatic imine (C=N–C) groups is 1. The molecule has 1 aliphatic heterocycles. The van der Waals surface area contributed by atoms with Gasteiger partial charge >= 0.3 is 0 Å². The van der Waals surface area contributed by atoms with Crippen molar-refractivity contribution in [1.29, 1.82) is 0 Å². The van der Waals surface area contributed by atoms with Crippen molar-refractivity contribution in [3.05, 3.63) is 29.8 Å². The number of hydrogen-bond acceptors (Lipinski definition) is 4. The third-order valence-electron chi connectivity index (χ3n) is 4.26. The molecule has 3 N–H and O–H groups in total. The van der Waals surface area contributed by atoms with Gasteiger partial charge in [-0.15, -0.1) is 0 Å². The largest absolute Gasteiger partial charge is 0.487 e. The summed E-state index contributed by atoms with van der Waals surface area (Å²) in [6.45, 7) is 6.81. The maximum Gasteiger partial charge on any atom is 0.211 e. The first-order chi connectivity index (χ1) is 12.3. The number of rotatable bonds is 7. The molecule has 0 saturated heterocycles. The van der Waals surface area contributed by atoms with E-state index in [1.165, 1.54) is 0 Å².